The van der Waals surface area contributed by atoms with E-state index in [0.29, 0.717) is 18.1 Å². The van der Waals surface area contributed by atoms with E-state index in [-0.39, 0.29) is 12.1 Å². The lowest BCUT2D eigenvalue weighted by atomic mass is 10.1. The monoisotopic (exact) mass is 465 g/mol. The first-order valence-corrected chi connectivity index (χ1v) is 12.2. The predicted octanol–water partition coefficient (Wildman–Crippen LogP) is 5.02. The smallest absolute Gasteiger partial charge is 0.326 e. The third-order valence-electron chi connectivity index (χ3n) is 4.90. The molecule has 0 bridgehead atoms. The van der Waals surface area contributed by atoms with Gasteiger partial charge in [-0.1, -0.05) is 42.5 Å². The number of benzene rings is 2. The molecule has 1 aromatic heterocycles. The summed E-state index contributed by atoms with van der Waals surface area (Å²) in [7, 11) is 0. The van der Waals surface area contributed by atoms with Crippen LogP contribution in [0.15, 0.2) is 70.5 Å². The Balaban J connectivity index is 1.82. The molecule has 1 heterocycles. The zero-order valence-corrected chi connectivity index (χ0v) is 20.4. The molecular weight excluding hydrogens is 434 g/mol. The van der Waals surface area contributed by atoms with Crippen molar-refractivity contribution in [2.75, 3.05) is 18.1 Å². The molecule has 0 aliphatic rings. The standard InChI is InChI=1S/C26H31N3O3S/c1-26(2,3)32-23(30)18-29-24(20-12-14-21(33-4)15-13-20)28-17-22(25(29)31)27-16-8-11-19-9-6-5-7-10-19/h5-7,9-10,12-15,17,27H,8,11,16,18H2,1-4H3. The van der Waals surface area contributed by atoms with Crippen LogP contribution in [0.5, 0.6) is 0 Å². The summed E-state index contributed by atoms with van der Waals surface area (Å²) in [4.78, 5) is 31.5. The van der Waals surface area contributed by atoms with Crippen LogP contribution in [0.1, 0.15) is 32.8 Å². The van der Waals surface area contributed by atoms with Crippen LogP contribution in [-0.2, 0) is 22.5 Å². The number of thioether (sulfide) groups is 1. The van der Waals surface area contributed by atoms with Crippen molar-refractivity contribution in [3.63, 3.8) is 0 Å². The van der Waals surface area contributed by atoms with Crippen molar-refractivity contribution in [1.82, 2.24) is 9.55 Å². The van der Waals surface area contributed by atoms with Gasteiger partial charge in [-0.3, -0.25) is 14.2 Å². The third kappa shape index (κ3) is 7.22. The Kier molecular flexibility index (Phi) is 8.33. The van der Waals surface area contributed by atoms with Crippen molar-refractivity contribution in [3.05, 3.63) is 76.7 Å². The molecule has 33 heavy (non-hydrogen) atoms. The van der Waals surface area contributed by atoms with Gasteiger partial charge < -0.3 is 10.1 Å². The molecule has 0 aliphatic heterocycles. The molecule has 174 valence electrons. The molecule has 0 atom stereocenters. The van der Waals surface area contributed by atoms with Gasteiger partial charge in [-0.25, -0.2) is 4.98 Å². The molecule has 3 rings (SSSR count). The molecule has 0 unspecified atom stereocenters. The fourth-order valence-electron chi connectivity index (χ4n) is 3.39. The normalized spacial score (nSPS) is 11.3. The van der Waals surface area contributed by atoms with E-state index in [2.05, 4.69) is 22.4 Å². The van der Waals surface area contributed by atoms with Crippen LogP contribution >= 0.6 is 11.8 Å². The first-order chi connectivity index (χ1) is 15.8. The minimum absolute atomic E-state index is 0.206. The van der Waals surface area contributed by atoms with Crippen LogP contribution < -0.4 is 10.9 Å². The number of hydrogen-bond acceptors (Lipinski definition) is 6. The maximum absolute atomic E-state index is 13.3. The number of rotatable bonds is 9. The van der Waals surface area contributed by atoms with Gasteiger partial charge in [0, 0.05) is 17.0 Å². The zero-order chi connectivity index (χ0) is 23.8. The molecule has 2 aromatic carbocycles. The molecule has 0 aliphatic carbocycles. The summed E-state index contributed by atoms with van der Waals surface area (Å²) < 4.78 is 6.85. The highest BCUT2D eigenvalue weighted by Gasteiger charge is 2.20. The third-order valence-corrected chi connectivity index (χ3v) is 5.65. The Labute approximate surface area is 199 Å². The number of esters is 1. The molecule has 3 aromatic rings. The molecule has 0 spiro atoms. The molecule has 7 heteroatoms. The number of aryl methyl sites for hydroxylation is 1. The van der Waals surface area contributed by atoms with E-state index >= 15 is 0 Å². The van der Waals surface area contributed by atoms with Gasteiger partial charge in [-0.05, 0) is 57.6 Å². The number of hydrogen-bond donors (Lipinski definition) is 1. The molecule has 0 fully saturated rings. The number of nitrogens with one attached hydrogen (secondary N) is 1. The highest BCUT2D eigenvalue weighted by atomic mass is 32.2. The highest BCUT2D eigenvalue weighted by molar-refractivity contribution is 7.98. The summed E-state index contributed by atoms with van der Waals surface area (Å²) in [5.74, 6) is -0.0389. The first-order valence-electron chi connectivity index (χ1n) is 11.0. The lowest BCUT2D eigenvalue weighted by Crippen LogP contribution is -2.33. The molecule has 0 saturated carbocycles. The Morgan fingerprint density at radius 2 is 1.79 bits per heavy atom. The molecule has 0 radical (unpaired) electrons. The van der Waals surface area contributed by atoms with Crippen molar-refractivity contribution in [3.8, 4) is 11.4 Å². The van der Waals surface area contributed by atoms with Crippen molar-refractivity contribution >= 4 is 23.4 Å². The number of nitrogens with zero attached hydrogens (tertiary/aromatic N) is 2. The fourth-order valence-corrected chi connectivity index (χ4v) is 3.80. The maximum atomic E-state index is 13.3. The Morgan fingerprint density at radius 3 is 2.42 bits per heavy atom. The van der Waals surface area contributed by atoms with Gasteiger partial charge in [0.15, 0.2) is 0 Å². The van der Waals surface area contributed by atoms with Gasteiger partial charge >= 0.3 is 5.97 Å². The Bertz CT molecular complexity index is 1120. The van der Waals surface area contributed by atoms with Gasteiger partial charge in [0.2, 0.25) is 0 Å². The summed E-state index contributed by atoms with van der Waals surface area (Å²) in [6, 6.07) is 18.0. The molecular formula is C26H31N3O3S. The van der Waals surface area contributed by atoms with Crippen LogP contribution in [0.2, 0.25) is 0 Å². The number of anilines is 1. The second-order valence-corrected chi connectivity index (χ2v) is 9.60. The van der Waals surface area contributed by atoms with Gasteiger partial charge in [0.1, 0.15) is 23.7 Å². The minimum atomic E-state index is -0.637. The quantitative estimate of drug-likeness (QED) is 0.272. The Hall–Kier alpha value is -3.06. The van der Waals surface area contributed by atoms with E-state index in [9.17, 15) is 9.59 Å². The van der Waals surface area contributed by atoms with Crippen LogP contribution in [0.3, 0.4) is 0 Å². The predicted molar refractivity (Wildman–Crippen MR) is 135 cm³/mol. The molecule has 6 nitrogen and oxygen atoms in total. The number of carbonyl (C=O) groups is 1. The number of aromatic nitrogens is 2. The van der Waals surface area contributed by atoms with E-state index in [4.69, 9.17) is 4.74 Å². The van der Waals surface area contributed by atoms with Crippen LogP contribution in [0, 0.1) is 0 Å². The largest absolute Gasteiger partial charge is 0.459 e. The Morgan fingerprint density at radius 1 is 1.09 bits per heavy atom. The van der Waals surface area contributed by atoms with Crippen molar-refractivity contribution < 1.29 is 9.53 Å². The van der Waals surface area contributed by atoms with Gasteiger partial charge in [-0.15, -0.1) is 11.8 Å². The average molecular weight is 466 g/mol. The topological polar surface area (TPSA) is 73.2 Å². The number of ether oxygens (including phenoxy) is 1. The summed E-state index contributed by atoms with van der Waals surface area (Å²) in [5.41, 5.74) is 1.46. The minimum Gasteiger partial charge on any atom is -0.459 e. The molecule has 0 saturated heterocycles. The number of carbonyl (C=O) groups excluding carboxylic acids is 1. The van der Waals surface area contributed by atoms with Crippen molar-refractivity contribution in [2.24, 2.45) is 0 Å². The second-order valence-electron chi connectivity index (χ2n) is 8.72. The zero-order valence-electron chi connectivity index (χ0n) is 19.6. The summed E-state index contributed by atoms with van der Waals surface area (Å²) in [6.45, 7) is 5.83. The lowest BCUT2D eigenvalue weighted by Gasteiger charge is -2.21. The van der Waals surface area contributed by atoms with E-state index < -0.39 is 11.6 Å². The van der Waals surface area contributed by atoms with E-state index in [1.54, 1.807) is 38.7 Å². The van der Waals surface area contributed by atoms with Gasteiger partial charge in [0.05, 0.1) is 6.20 Å². The summed E-state index contributed by atoms with van der Waals surface area (Å²) in [6.07, 6.45) is 5.33. The fraction of sp³-hybridized carbons (Fsp3) is 0.346. The van der Waals surface area contributed by atoms with Crippen LogP contribution in [0.4, 0.5) is 5.69 Å². The van der Waals surface area contributed by atoms with Crippen LogP contribution in [-0.4, -0.2) is 33.9 Å². The van der Waals surface area contributed by atoms with Crippen molar-refractivity contribution in [1.29, 1.82) is 0 Å². The lowest BCUT2D eigenvalue weighted by molar-refractivity contribution is -0.155. The summed E-state index contributed by atoms with van der Waals surface area (Å²) in [5, 5.41) is 3.19. The van der Waals surface area contributed by atoms with E-state index in [1.165, 1.54) is 10.1 Å². The average Bonchev–Trinajstić information content (AvgIpc) is 2.78. The molecule has 1 N–H and O–H groups in total. The van der Waals surface area contributed by atoms with Gasteiger partial charge in [0.25, 0.3) is 5.56 Å². The van der Waals surface area contributed by atoms with Crippen LogP contribution in [0.25, 0.3) is 11.4 Å². The second kappa shape index (κ2) is 11.2. The first kappa shape index (κ1) is 24.6. The summed E-state index contributed by atoms with van der Waals surface area (Å²) >= 11 is 1.64. The van der Waals surface area contributed by atoms with E-state index in [0.717, 1.165) is 23.3 Å². The maximum Gasteiger partial charge on any atom is 0.326 e. The highest BCUT2D eigenvalue weighted by Crippen LogP contribution is 2.22. The van der Waals surface area contributed by atoms with Gasteiger partial charge in [-0.2, -0.15) is 0 Å². The SMILES string of the molecule is CSc1ccc(-c2ncc(NCCCc3ccccc3)c(=O)n2CC(=O)OC(C)(C)C)cc1. The van der Waals surface area contributed by atoms with E-state index in [1.807, 2.05) is 48.7 Å². The van der Waals surface area contributed by atoms with Crippen molar-refractivity contribution in [2.45, 2.75) is 50.7 Å². The molecule has 0 amide bonds.